The molecule has 0 aliphatic carbocycles. The maximum Gasteiger partial charge on any atom is 0.268 e. The van der Waals surface area contributed by atoms with Crippen LogP contribution in [-0.2, 0) is 4.79 Å². The first-order valence-electron chi connectivity index (χ1n) is 10.7. The van der Waals surface area contributed by atoms with Crippen molar-refractivity contribution in [2.45, 2.75) is 19.4 Å². The summed E-state index contributed by atoms with van der Waals surface area (Å²) in [7, 11) is 4.60. The molecule has 0 radical (unpaired) electrons. The van der Waals surface area contributed by atoms with Crippen molar-refractivity contribution in [2.75, 3.05) is 21.3 Å². The lowest BCUT2D eigenvalue weighted by Crippen LogP contribution is -2.36. The van der Waals surface area contributed by atoms with E-state index in [2.05, 4.69) is 10.6 Å². The van der Waals surface area contributed by atoms with Crippen LogP contribution in [0.4, 0.5) is 0 Å². The normalized spacial score (nSPS) is 11.9. The third-order valence-electron chi connectivity index (χ3n) is 5.20. The van der Waals surface area contributed by atoms with E-state index in [1.165, 1.54) is 26.6 Å². The largest absolute Gasteiger partial charge is 0.497 e. The number of carbonyl (C=O) groups excluding carboxylic acids is 2. The van der Waals surface area contributed by atoms with Gasteiger partial charge in [-0.2, -0.15) is 0 Å². The van der Waals surface area contributed by atoms with Gasteiger partial charge in [0.15, 0.2) is 11.5 Å². The van der Waals surface area contributed by atoms with E-state index in [0.717, 1.165) is 11.3 Å². The van der Waals surface area contributed by atoms with Crippen LogP contribution in [0.3, 0.4) is 0 Å². The summed E-state index contributed by atoms with van der Waals surface area (Å²) in [6.07, 6.45) is 3.62. The fraction of sp³-hybridized carbons (Fsp3) is 0.231. The van der Waals surface area contributed by atoms with Gasteiger partial charge in [0.1, 0.15) is 17.2 Å². The number of amides is 2. The van der Waals surface area contributed by atoms with Crippen LogP contribution in [0.15, 0.2) is 71.0 Å². The number of benzene rings is 2. The minimum absolute atomic E-state index is 0.0432. The van der Waals surface area contributed by atoms with Crippen LogP contribution >= 0.6 is 0 Å². The van der Waals surface area contributed by atoms with Gasteiger partial charge in [0.25, 0.3) is 11.8 Å². The molecule has 0 unspecified atom stereocenters. The summed E-state index contributed by atoms with van der Waals surface area (Å²) in [6, 6.07) is 15.3. The van der Waals surface area contributed by atoms with Crippen LogP contribution in [0.1, 0.15) is 41.1 Å². The molecule has 1 aromatic heterocycles. The van der Waals surface area contributed by atoms with Gasteiger partial charge in [-0.15, -0.1) is 0 Å². The molecule has 3 rings (SSSR count). The van der Waals surface area contributed by atoms with Crippen LogP contribution < -0.4 is 24.8 Å². The van der Waals surface area contributed by atoms with Gasteiger partial charge in [0.05, 0.1) is 33.6 Å². The Hall–Kier alpha value is -4.20. The van der Waals surface area contributed by atoms with Crippen LogP contribution in [0.25, 0.3) is 6.08 Å². The highest BCUT2D eigenvalue weighted by Gasteiger charge is 2.20. The fourth-order valence-electron chi connectivity index (χ4n) is 3.34. The summed E-state index contributed by atoms with van der Waals surface area (Å²) < 4.78 is 21.1. The van der Waals surface area contributed by atoms with Crippen LogP contribution in [-0.4, -0.2) is 33.1 Å². The SMILES string of the molecule is CC[C@@H](NC(=O)/C(=C/c1ccco1)NC(=O)c1ccc(OC)c(OC)c1)c1ccc(OC)cc1. The Morgan fingerprint density at radius 1 is 0.971 bits per heavy atom. The number of hydrogen-bond donors (Lipinski definition) is 2. The molecule has 1 heterocycles. The second-order valence-corrected chi connectivity index (χ2v) is 7.30. The second kappa shape index (κ2) is 11.6. The molecule has 2 N–H and O–H groups in total. The summed E-state index contributed by atoms with van der Waals surface area (Å²) in [5.41, 5.74) is 1.26. The van der Waals surface area contributed by atoms with Gasteiger partial charge in [-0.05, 0) is 54.4 Å². The minimum Gasteiger partial charge on any atom is -0.497 e. The van der Waals surface area contributed by atoms with Gasteiger partial charge in [0.2, 0.25) is 0 Å². The first-order valence-corrected chi connectivity index (χ1v) is 10.7. The van der Waals surface area contributed by atoms with Crippen molar-refractivity contribution < 1.29 is 28.2 Å². The highest BCUT2D eigenvalue weighted by Crippen LogP contribution is 2.27. The predicted molar refractivity (Wildman–Crippen MR) is 128 cm³/mol. The number of furan rings is 1. The third-order valence-corrected chi connectivity index (χ3v) is 5.20. The molecule has 34 heavy (non-hydrogen) atoms. The minimum atomic E-state index is -0.480. The summed E-state index contributed by atoms with van der Waals surface area (Å²) >= 11 is 0. The van der Waals surface area contributed by atoms with Crippen molar-refractivity contribution in [1.82, 2.24) is 10.6 Å². The molecule has 0 bridgehead atoms. The smallest absolute Gasteiger partial charge is 0.268 e. The van der Waals surface area contributed by atoms with Crippen molar-refractivity contribution in [3.63, 3.8) is 0 Å². The number of carbonyl (C=O) groups is 2. The molecular formula is C26H28N2O6. The molecule has 3 aromatic rings. The van der Waals surface area contributed by atoms with Crippen molar-refractivity contribution >= 4 is 17.9 Å². The number of methoxy groups -OCH3 is 3. The lowest BCUT2D eigenvalue weighted by molar-refractivity contribution is -0.118. The standard InChI is InChI=1S/C26H28N2O6/c1-5-21(17-8-11-19(31-2)12-9-17)27-26(30)22(16-20-7-6-14-34-20)28-25(29)18-10-13-23(32-3)24(15-18)33-4/h6-16,21H,5H2,1-4H3,(H,27,30)(H,28,29)/b22-16-/t21-/m1/s1. The first kappa shape index (κ1) is 24.4. The Balaban J connectivity index is 1.84. The predicted octanol–water partition coefficient (Wildman–Crippen LogP) is 4.34. The molecule has 0 aliphatic rings. The van der Waals surface area contributed by atoms with Gasteiger partial charge in [-0.3, -0.25) is 9.59 Å². The maximum atomic E-state index is 13.2. The highest BCUT2D eigenvalue weighted by atomic mass is 16.5. The zero-order chi connectivity index (χ0) is 24.5. The number of rotatable bonds is 10. The topological polar surface area (TPSA) is 99.0 Å². The zero-order valence-corrected chi connectivity index (χ0v) is 19.6. The molecule has 8 heteroatoms. The van der Waals surface area contributed by atoms with E-state index in [1.54, 1.807) is 37.4 Å². The Bertz CT molecular complexity index is 1140. The Labute approximate surface area is 198 Å². The summed E-state index contributed by atoms with van der Waals surface area (Å²) in [5.74, 6) is 1.12. The molecule has 0 saturated heterocycles. The fourth-order valence-corrected chi connectivity index (χ4v) is 3.34. The van der Waals surface area contributed by atoms with E-state index in [0.29, 0.717) is 29.2 Å². The maximum absolute atomic E-state index is 13.2. The quantitative estimate of drug-likeness (QED) is 0.433. The van der Waals surface area contributed by atoms with Gasteiger partial charge < -0.3 is 29.3 Å². The Morgan fingerprint density at radius 2 is 1.71 bits per heavy atom. The molecule has 0 saturated carbocycles. The molecule has 1 atom stereocenters. The number of hydrogen-bond acceptors (Lipinski definition) is 6. The second-order valence-electron chi connectivity index (χ2n) is 7.30. The average molecular weight is 465 g/mol. The lowest BCUT2D eigenvalue weighted by Gasteiger charge is -2.19. The molecular weight excluding hydrogens is 436 g/mol. The Morgan fingerprint density at radius 3 is 2.29 bits per heavy atom. The van der Waals surface area contributed by atoms with E-state index < -0.39 is 11.8 Å². The lowest BCUT2D eigenvalue weighted by atomic mass is 10.0. The number of ether oxygens (including phenoxy) is 3. The molecule has 178 valence electrons. The van der Waals surface area contributed by atoms with Crippen molar-refractivity contribution in [3.8, 4) is 17.2 Å². The molecule has 0 spiro atoms. The number of nitrogens with one attached hydrogen (secondary N) is 2. The van der Waals surface area contributed by atoms with Crippen molar-refractivity contribution in [3.05, 3.63) is 83.4 Å². The van der Waals surface area contributed by atoms with Crippen molar-refractivity contribution in [1.29, 1.82) is 0 Å². The molecule has 2 aromatic carbocycles. The Kier molecular flexibility index (Phi) is 8.34. The monoisotopic (exact) mass is 464 g/mol. The van der Waals surface area contributed by atoms with Gasteiger partial charge in [-0.25, -0.2) is 0 Å². The molecule has 8 nitrogen and oxygen atoms in total. The summed E-state index contributed by atoms with van der Waals surface area (Å²) in [6.45, 7) is 1.97. The molecule has 2 amide bonds. The summed E-state index contributed by atoms with van der Waals surface area (Å²) in [4.78, 5) is 26.2. The highest BCUT2D eigenvalue weighted by molar-refractivity contribution is 6.05. The van der Waals surface area contributed by atoms with Gasteiger partial charge in [-0.1, -0.05) is 19.1 Å². The molecule has 0 aliphatic heterocycles. The average Bonchev–Trinajstić information content (AvgIpc) is 3.39. The van der Waals surface area contributed by atoms with Crippen LogP contribution in [0.5, 0.6) is 17.2 Å². The van der Waals surface area contributed by atoms with Gasteiger partial charge in [0, 0.05) is 11.6 Å². The van der Waals surface area contributed by atoms with Crippen LogP contribution in [0.2, 0.25) is 0 Å². The van der Waals surface area contributed by atoms with E-state index in [9.17, 15) is 9.59 Å². The van der Waals surface area contributed by atoms with E-state index in [4.69, 9.17) is 18.6 Å². The van der Waals surface area contributed by atoms with E-state index >= 15 is 0 Å². The van der Waals surface area contributed by atoms with Crippen LogP contribution in [0, 0.1) is 0 Å². The zero-order valence-electron chi connectivity index (χ0n) is 19.6. The third kappa shape index (κ3) is 5.98. The van der Waals surface area contributed by atoms with E-state index in [1.807, 2.05) is 31.2 Å². The van der Waals surface area contributed by atoms with E-state index in [-0.39, 0.29) is 11.7 Å². The first-order chi connectivity index (χ1) is 16.5. The van der Waals surface area contributed by atoms with Crippen molar-refractivity contribution in [2.24, 2.45) is 0 Å². The summed E-state index contributed by atoms with van der Waals surface area (Å²) in [5, 5.41) is 5.67. The van der Waals surface area contributed by atoms with Gasteiger partial charge >= 0.3 is 0 Å². The molecule has 0 fully saturated rings.